The average Bonchev–Trinajstić information content (AvgIpc) is 3.27. The van der Waals surface area contributed by atoms with Crippen LogP contribution >= 0.6 is 0 Å². The van der Waals surface area contributed by atoms with Crippen molar-refractivity contribution in [3.8, 4) is 11.3 Å². The molecule has 142 valence electrons. The minimum atomic E-state index is -3.58. The smallest absolute Gasteiger partial charge is 0.273 e. The first-order valence-electron chi connectivity index (χ1n) is 8.54. The van der Waals surface area contributed by atoms with Crippen LogP contribution in [0, 0.1) is 0 Å². The van der Waals surface area contributed by atoms with Gasteiger partial charge in [-0.25, -0.2) is 18.4 Å². The number of fused-ring (bicyclic) bond motifs is 1. The normalized spacial score (nSPS) is 15.7. The molecule has 0 aliphatic carbocycles. The van der Waals surface area contributed by atoms with Gasteiger partial charge in [0, 0.05) is 43.3 Å². The van der Waals surface area contributed by atoms with Crippen molar-refractivity contribution in [2.45, 2.75) is 10.9 Å². The van der Waals surface area contributed by atoms with Crippen molar-refractivity contribution in [1.29, 1.82) is 0 Å². The van der Waals surface area contributed by atoms with Gasteiger partial charge in [0.1, 0.15) is 16.9 Å². The third kappa shape index (κ3) is 2.55. The Morgan fingerprint density at radius 1 is 1.18 bits per heavy atom. The van der Waals surface area contributed by atoms with E-state index in [0.29, 0.717) is 16.9 Å². The van der Waals surface area contributed by atoms with Gasteiger partial charge in [0.05, 0.1) is 17.3 Å². The Bertz CT molecular complexity index is 1320. The van der Waals surface area contributed by atoms with E-state index in [0.717, 1.165) is 5.39 Å². The Hall–Kier alpha value is -3.31. The monoisotopic (exact) mass is 397 g/mol. The van der Waals surface area contributed by atoms with E-state index in [1.165, 1.54) is 29.1 Å². The zero-order valence-corrected chi connectivity index (χ0v) is 15.3. The minimum absolute atomic E-state index is 0.156. The van der Waals surface area contributed by atoms with Crippen LogP contribution in [0.5, 0.6) is 0 Å². The van der Waals surface area contributed by atoms with Crippen molar-refractivity contribution in [2.75, 3.05) is 13.1 Å². The molecule has 1 aliphatic rings. The quantitative estimate of drug-likeness (QED) is 0.523. The van der Waals surface area contributed by atoms with Gasteiger partial charge >= 0.3 is 0 Å². The van der Waals surface area contributed by atoms with Gasteiger partial charge in [-0.05, 0) is 18.2 Å². The molecule has 2 N–H and O–H groups in total. The predicted molar refractivity (Wildman–Crippen MR) is 100.0 cm³/mol. The number of H-pyrrole nitrogens is 2. The molecule has 1 saturated heterocycles. The Morgan fingerprint density at radius 3 is 2.82 bits per heavy atom. The molecule has 5 rings (SSSR count). The summed E-state index contributed by atoms with van der Waals surface area (Å²) in [6.45, 7) is 0.537. The molecule has 0 bridgehead atoms. The van der Waals surface area contributed by atoms with Crippen molar-refractivity contribution in [2.24, 2.45) is 0 Å². The standard InChI is InChI=1S/C17H15N7O3S/c25-17-14(15-13-3-5-19-16(13)21-10-20-15)9-24(22-17)11-7-23(8-11)28(26,27)12-2-1-4-18-6-12/h1-6,9-11H,7-8H2,(H,22,25)(H,19,20,21). The van der Waals surface area contributed by atoms with E-state index in [1.54, 1.807) is 23.1 Å². The molecule has 0 atom stereocenters. The lowest BCUT2D eigenvalue weighted by atomic mass is 10.1. The van der Waals surface area contributed by atoms with Gasteiger partial charge in [-0.15, -0.1) is 0 Å². The number of nitrogens with one attached hydrogen (secondary N) is 2. The largest absolute Gasteiger partial charge is 0.346 e. The molecule has 0 radical (unpaired) electrons. The van der Waals surface area contributed by atoms with E-state index >= 15 is 0 Å². The van der Waals surface area contributed by atoms with Crippen LogP contribution in [0.1, 0.15) is 6.04 Å². The van der Waals surface area contributed by atoms with Crippen LogP contribution < -0.4 is 5.56 Å². The van der Waals surface area contributed by atoms with Gasteiger partial charge in [0.2, 0.25) is 10.0 Å². The molecule has 4 aromatic heterocycles. The lowest BCUT2D eigenvalue weighted by Gasteiger charge is -2.38. The van der Waals surface area contributed by atoms with Gasteiger partial charge in [-0.3, -0.25) is 19.6 Å². The highest BCUT2D eigenvalue weighted by atomic mass is 32.2. The van der Waals surface area contributed by atoms with Crippen LogP contribution in [0.25, 0.3) is 22.3 Å². The van der Waals surface area contributed by atoms with E-state index in [2.05, 4.69) is 25.0 Å². The van der Waals surface area contributed by atoms with E-state index in [-0.39, 0.29) is 29.6 Å². The summed E-state index contributed by atoms with van der Waals surface area (Å²) in [4.78, 5) is 27.8. The molecule has 28 heavy (non-hydrogen) atoms. The fraction of sp³-hybridized carbons (Fsp3) is 0.176. The fourth-order valence-corrected chi connectivity index (χ4v) is 4.78. The summed E-state index contributed by atoms with van der Waals surface area (Å²) in [7, 11) is -3.58. The predicted octanol–water partition coefficient (Wildman–Crippen LogP) is 0.755. The molecule has 4 aromatic rings. The molecule has 0 aromatic carbocycles. The number of aromatic nitrogens is 6. The molecule has 0 saturated carbocycles. The van der Waals surface area contributed by atoms with Crippen molar-refractivity contribution in [1.82, 2.24) is 34.0 Å². The SMILES string of the molecule is O=c1[nH]n(C2CN(S(=O)(=O)c3cccnc3)C2)cc1-c1ncnc2[nH]ccc12. The third-order valence-corrected chi connectivity index (χ3v) is 6.66. The molecule has 0 unspecified atom stereocenters. The zero-order valence-electron chi connectivity index (χ0n) is 14.5. The van der Waals surface area contributed by atoms with Crippen molar-refractivity contribution < 1.29 is 8.42 Å². The molecule has 5 heterocycles. The third-order valence-electron chi connectivity index (χ3n) is 4.85. The summed E-state index contributed by atoms with van der Waals surface area (Å²) < 4.78 is 28.2. The number of hydrogen-bond acceptors (Lipinski definition) is 6. The summed E-state index contributed by atoms with van der Waals surface area (Å²) in [6.07, 6.45) is 7.67. The maximum Gasteiger partial charge on any atom is 0.273 e. The van der Waals surface area contributed by atoms with Crippen molar-refractivity contribution >= 4 is 21.1 Å². The molecule has 0 spiro atoms. The van der Waals surface area contributed by atoms with Gasteiger partial charge in [-0.1, -0.05) is 0 Å². The number of rotatable bonds is 4. The first kappa shape index (κ1) is 16.8. The van der Waals surface area contributed by atoms with E-state index in [1.807, 2.05) is 6.07 Å². The van der Waals surface area contributed by atoms with Crippen LogP contribution in [0.4, 0.5) is 0 Å². The summed E-state index contributed by atoms with van der Waals surface area (Å²) in [5.41, 5.74) is 1.32. The van der Waals surface area contributed by atoms with Crippen molar-refractivity contribution in [3.05, 3.63) is 59.7 Å². The van der Waals surface area contributed by atoms with Crippen LogP contribution in [0.15, 0.2) is 59.0 Å². The molecule has 0 amide bonds. The topological polar surface area (TPSA) is 130 Å². The van der Waals surface area contributed by atoms with Gasteiger partial charge in [0.15, 0.2) is 0 Å². The van der Waals surface area contributed by atoms with E-state index < -0.39 is 10.0 Å². The van der Waals surface area contributed by atoms with E-state index in [4.69, 9.17) is 0 Å². The molecular weight excluding hydrogens is 382 g/mol. The molecule has 10 nitrogen and oxygen atoms in total. The maximum absolute atomic E-state index is 12.6. The first-order valence-corrected chi connectivity index (χ1v) is 9.98. The Kier molecular flexibility index (Phi) is 3.67. The highest BCUT2D eigenvalue weighted by Gasteiger charge is 2.38. The van der Waals surface area contributed by atoms with Gasteiger partial charge in [-0.2, -0.15) is 4.31 Å². The Morgan fingerprint density at radius 2 is 2.04 bits per heavy atom. The molecular formula is C17H15N7O3S. The molecule has 1 fully saturated rings. The lowest BCUT2D eigenvalue weighted by molar-refractivity contribution is 0.190. The summed E-state index contributed by atoms with van der Waals surface area (Å²) in [6, 6.07) is 4.76. The van der Waals surface area contributed by atoms with Crippen LogP contribution in [0.2, 0.25) is 0 Å². The van der Waals surface area contributed by atoms with Crippen molar-refractivity contribution in [3.63, 3.8) is 0 Å². The molecule has 1 aliphatic heterocycles. The highest BCUT2D eigenvalue weighted by molar-refractivity contribution is 7.89. The van der Waals surface area contributed by atoms with E-state index in [9.17, 15) is 13.2 Å². The minimum Gasteiger partial charge on any atom is -0.346 e. The Labute approximate surface area is 158 Å². The van der Waals surface area contributed by atoms with Gasteiger partial charge < -0.3 is 4.98 Å². The first-order chi connectivity index (χ1) is 13.5. The average molecular weight is 397 g/mol. The number of hydrogen-bond donors (Lipinski definition) is 2. The highest BCUT2D eigenvalue weighted by Crippen LogP contribution is 2.29. The van der Waals surface area contributed by atoms with Crippen LogP contribution in [-0.2, 0) is 10.0 Å². The van der Waals surface area contributed by atoms with Crippen LogP contribution in [0.3, 0.4) is 0 Å². The summed E-state index contributed by atoms with van der Waals surface area (Å²) >= 11 is 0. The number of pyridine rings is 1. The second-order valence-corrected chi connectivity index (χ2v) is 8.46. The fourth-order valence-electron chi connectivity index (χ4n) is 3.30. The van der Waals surface area contributed by atoms with Gasteiger partial charge in [0.25, 0.3) is 5.56 Å². The second kappa shape index (κ2) is 6.11. The zero-order chi connectivity index (χ0) is 19.3. The number of sulfonamides is 1. The van der Waals surface area contributed by atoms with Crippen LogP contribution in [-0.4, -0.2) is 55.5 Å². The maximum atomic E-state index is 12.6. The number of aromatic amines is 2. The summed E-state index contributed by atoms with van der Waals surface area (Å²) in [5, 5.41) is 3.52. The molecule has 11 heteroatoms. The Balaban J connectivity index is 1.41. The second-order valence-electron chi connectivity index (χ2n) is 6.52. The summed E-state index contributed by atoms with van der Waals surface area (Å²) in [5.74, 6) is 0. The number of nitrogens with zero attached hydrogens (tertiary/aromatic N) is 5. The lowest BCUT2D eigenvalue weighted by Crippen LogP contribution is -2.50.